The summed E-state index contributed by atoms with van der Waals surface area (Å²) >= 11 is 0. The lowest BCUT2D eigenvalue weighted by atomic mass is 9.79. The molecule has 1 unspecified atom stereocenters. The number of rotatable bonds is 7. The van der Waals surface area contributed by atoms with Crippen molar-refractivity contribution >= 4 is 5.91 Å². The van der Waals surface area contributed by atoms with Gasteiger partial charge < -0.3 is 10.0 Å². The Morgan fingerprint density at radius 3 is 1.68 bits per heavy atom. The molecule has 28 heavy (non-hydrogen) atoms. The SMILES string of the molecule is CCN(C(C)=O)C(CC(O)(c1ccccc1)c1ccccc1)c1ccccc1. The second-order valence-corrected chi connectivity index (χ2v) is 7.03. The van der Waals surface area contributed by atoms with Crippen molar-refractivity contribution in [1.29, 1.82) is 0 Å². The van der Waals surface area contributed by atoms with Crippen molar-refractivity contribution in [1.82, 2.24) is 4.90 Å². The van der Waals surface area contributed by atoms with Crippen LogP contribution in [0.3, 0.4) is 0 Å². The molecular weight excluding hydrogens is 346 g/mol. The number of benzene rings is 3. The van der Waals surface area contributed by atoms with Crippen LogP contribution < -0.4 is 0 Å². The fourth-order valence-electron chi connectivity index (χ4n) is 3.86. The molecule has 0 saturated heterocycles. The van der Waals surface area contributed by atoms with Gasteiger partial charge in [-0.3, -0.25) is 4.79 Å². The second kappa shape index (κ2) is 8.85. The van der Waals surface area contributed by atoms with Gasteiger partial charge in [-0.2, -0.15) is 0 Å². The molecule has 1 atom stereocenters. The Kier molecular flexibility index (Phi) is 6.27. The van der Waals surface area contributed by atoms with Gasteiger partial charge in [0.15, 0.2) is 0 Å². The molecule has 144 valence electrons. The van der Waals surface area contributed by atoms with E-state index in [0.29, 0.717) is 13.0 Å². The summed E-state index contributed by atoms with van der Waals surface area (Å²) in [5.74, 6) is -0.000161. The van der Waals surface area contributed by atoms with E-state index >= 15 is 0 Å². The van der Waals surface area contributed by atoms with Crippen LogP contribution in [0, 0.1) is 0 Å². The van der Waals surface area contributed by atoms with E-state index in [2.05, 4.69) is 0 Å². The third kappa shape index (κ3) is 4.15. The molecule has 3 nitrogen and oxygen atoms in total. The van der Waals surface area contributed by atoms with E-state index in [-0.39, 0.29) is 11.9 Å². The van der Waals surface area contributed by atoms with E-state index in [4.69, 9.17) is 0 Å². The zero-order chi connectivity index (χ0) is 20.0. The zero-order valence-corrected chi connectivity index (χ0v) is 16.5. The van der Waals surface area contributed by atoms with Crippen LogP contribution >= 0.6 is 0 Å². The standard InChI is InChI=1S/C25H27NO2/c1-3-26(20(2)27)24(21-13-7-4-8-14-21)19-25(28,22-15-9-5-10-16-22)23-17-11-6-12-18-23/h4-18,24,28H,3,19H2,1-2H3. The van der Waals surface area contributed by atoms with Crippen LogP contribution in [0.15, 0.2) is 91.0 Å². The number of carbonyl (C=O) groups is 1. The van der Waals surface area contributed by atoms with E-state index < -0.39 is 5.60 Å². The van der Waals surface area contributed by atoms with E-state index in [9.17, 15) is 9.90 Å². The summed E-state index contributed by atoms with van der Waals surface area (Å²) in [5.41, 5.74) is 1.44. The van der Waals surface area contributed by atoms with Gasteiger partial charge in [0, 0.05) is 19.9 Å². The van der Waals surface area contributed by atoms with Gasteiger partial charge >= 0.3 is 0 Å². The third-order valence-electron chi connectivity index (χ3n) is 5.30. The minimum atomic E-state index is -1.22. The first kappa shape index (κ1) is 19.8. The maximum atomic E-state index is 12.4. The lowest BCUT2D eigenvalue weighted by Crippen LogP contribution is -2.39. The number of amides is 1. The maximum Gasteiger partial charge on any atom is 0.219 e. The molecule has 3 rings (SSSR count). The summed E-state index contributed by atoms with van der Waals surface area (Å²) in [5, 5.41) is 12.0. The summed E-state index contributed by atoms with van der Waals surface area (Å²) in [7, 11) is 0. The monoisotopic (exact) mass is 373 g/mol. The van der Waals surface area contributed by atoms with Crippen molar-refractivity contribution in [2.45, 2.75) is 31.9 Å². The van der Waals surface area contributed by atoms with Crippen molar-refractivity contribution in [3.63, 3.8) is 0 Å². The Morgan fingerprint density at radius 2 is 1.29 bits per heavy atom. The van der Waals surface area contributed by atoms with Crippen molar-refractivity contribution < 1.29 is 9.90 Å². The van der Waals surface area contributed by atoms with Crippen LogP contribution in [0.25, 0.3) is 0 Å². The van der Waals surface area contributed by atoms with Gasteiger partial charge in [-0.1, -0.05) is 91.0 Å². The zero-order valence-electron chi connectivity index (χ0n) is 16.5. The minimum absolute atomic E-state index is 0.000161. The van der Waals surface area contributed by atoms with E-state index in [1.54, 1.807) is 6.92 Å². The Hall–Kier alpha value is -2.91. The van der Waals surface area contributed by atoms with Crippen LogP contribution in [0.5, 0.6) is 0 Å². The number of carbonyl (C=O) groups excluding carboxylic acids is 1. The Morgan fingerprint density at radius 1 is 0.857 bits per heavy atom. The Bertz CT molecular complexity index is 839. The normalized spacial score (nSPS) is 12.4. The quantitative estimate of drug-likeness (QED) is 0.638. The number of hydrogen-bond acceptors (Lipinski definition) is 2. The summed E-state index contributed by atoms with van der Waals surface area (Å²) < 4.78 is 0. The van der Waals surface area contributed by atoms with Crippen molar-refractivity contribution in [3.05, 3.63) is 108 Å². The highest BCUT2D eigenvalue weighted by Crippen LogP contribution is 2.40. The molecule has 0 bridgehead atoms. The van der Waals surface area contributed by atoms with E-state index in [0.717, 1.165) is 16.7 Å². The Labute approximate surface area is 167 Å². The highest BCUT2D eigenvalue weighted by atomic mass is 16.3. The van der Waals surface area contributed by atoms with Crippen LogP contribution in [-0.4, -0.2) is 22.5 Å². The molecule has 1 N–H and O–H groups in total. The molecule has 3 aromatic rings. The molecule has 0 radical (unpaired) electrons. The van der Waals surface area contributed by atoms with Crippen LogP contribution in [0.2, 0.25) is 0 Å². The first-order valence-electron chi connectivity index (χ1n) is 9.72. The topological polar surface area (TPSA) is 40.5 Å². The van der Waals surface area contributed by atoms with Crippen LogP contribution in [0.4, 0.5) is 0 Å². The molecule has 0 aromatic heterocycles. The van der Waals surface area contributed by atoms with Gasteiger partial charge in [0.05, 0.1) is 6.04 Å². The average Bonchev–Trinajstić information content (AvgIpc) is 2.75. The molecule has 0 aliphatic heterocycles. The molecule has 0 heterocycles. The van der Waals surface area contributed by atoms with E-state index in [1.807, 2.05) is 103 Å². The minimum Gasteiger partial charge on any atom is -0.380 e. The second-order valence-electron chi connectivity index (χ2n) is 7.03. The molecule has 3 aromatic carbocycles. The van der Waals surface area contributed by atoms with E-state index in [1.165, 1.54) is 0 Å². The maximum absolute atomic E-state index is 12.4. The smallest absolute Gasteiger partial charge is 0.219 e. The summed E-state index contributed by atoms with van der Waals surface area (Å²) in [6.07, 6.45) is 0.373. The number of nitrogens with zero attached hydrogens (tertiary/aromatic N) is 1. The Balaban J connectivity index is 2.12. The molecule has 1 amide bonds. The molecule has 0 aliphatic carbocycles. The average molecular weight is 373 g/mol. The van der Waals surface area contributed by atoms with Crippen LogP contribution in [0.1, 0.15) is 43.0 Å². The molecular formula is C25H27NO2. The first-order valence-corrected chi connectivity index (χ1v) is 9.72. The van der Waals surface area contributed by atoms with Gasteiger partial charge in [0.25, 0.3) is 0 Å². The predicted molar refractivity (Wildman–Crippen MR) is 113 cm³/mol. The predicted octanol–water partition coefficient (Wildman–Crippen LogP) is 4.92. The molecule has 0 aliphatic rings. The van der Waals surface area contributed by atoms with Gasteiger partial charge in [0.1, 0.15) is 5.60 Å². The summed E-state index contributed by atoms with van der Waals surface area (Å²) in [4.78, 5) is 14.2. The van der Waals surface area contributed by atoms with Crippen LogP contribution in [-0.2, 0) is 10.4 Å². The molecule has 0 saturated carbocycles. The lowest BCUT2D eigenvalue weighted by Gasteiger charge is -2.38. The van der Waals surface area contributed by atoms with Crippen molar-refractivity contribution in [2.75, 3.05) is 6.54 Å². The number of aliphatic hydroxyl groups is 1. The largest absolute Gasteiger partial charge is 0.380 e. The summed E-state index contributed by atoms with van der Waals surface area (Å²) in [6.45, 7) is 4.14. The summed E-state index contributed by atoms with van der Waals surface area (Å²) in [6, 6.07) is 29.1. The van der Waals surface area contributed by atoms with Gasteiger partial charge in [-0.25, -0.2) is 0 Å². The first-order chi connectivity index (χ1) is 13.6. The fraction of sp³-hybridized carbons (Fsp3) is 0.240. The highest BCUT2D eigenvalue weighted by Gasteiger charge is 2.37. The number of hydrogen-bond donors (Lipinski definition) is 1. The lowest BCUT2D eigenvalue weighted by molar-refractivity contribution is -0.132. The molecule has 3 heteroatoms. The van der Waals surface area contributed by atoms with Crippen molar-refractivity contribution in [3.8, 4) is 0 Å². The highest BCUT2D eigenvalue weighted by molar-refractivity contribution is 5.73. The van der Waals surface area contributed by atoms with Gasteiger partial charge in [-0.05, 0) is 23.6 Å². The molecule has 0 spiro atoms. The molecule has 0 fully saturated rings. The fourth-order valence-corrected chi connectivity index (χ4v) is 3.86. The van der Waals surface area contributed by atoms with Crippen molar-refractivity contribution in [2.24, 2.45) is 0 Å². The third-order valence-corrected chi connectivity index (χ3v) is 5.30. The van der Waals surface area contributed by atoms with Gasteiger partial charge in [-0.15, -0.1) is 0 Å². The van der Waals surface area contributed by atoms with Gasteiger partial charge in [0.2, 0.25) is 5.91 Å².